The van der Waals surface area contributed by atoms with Crippen LogP contribution in [-0.2, 0) is 4.79 Å². The van der Waals surface area contributed by atoms with E-state index in [1.807, 2.05) is 0 Å². The molecule has 0 aromatic carbocycles. The Balaban J connectivity index is 2.34. The van der Waals surface area contributed by atoms with Gasteiger partial charge in [0, 0.05) is 14.1 Å². The Bertz CT molecular complexity index is 507. The van der Waals surface area contributed by atoms with E-state index in [0.29, 0.717) is 10.6 Å². The molecule has 0 aliphatic carbocycles. The number of hydrogen-bond acceptors (Lipinski definition) is 4. The topological polar surface area (TPSA) is 76.2 Å². The van der Waals surface area contributed by atoms with Gasteiger partial charge in [0.2, 0.25) is 0 Å². The molecule has 1 N–H and O–H groups in total. The Kier molecular flexibility index (Phi) is 3.93. The van der Waals surface area contributed by atoms with E-state index >= 15 is 0 Å². The van der Waals surface area contributed by atoms with E-state index < -0.39 is 18.2 Å². The molecule has 2 rings (SSSR count). The number of amides is 3. The molecule has 1 fully saturated rings. The van der Waals surface area contributed by atoms with E-state index in [1.165, 1.54) is 11.9 Å². The lowest BCUT2D eigenvalue weighted by molar-refractivity contribution is -0.540. The van der Waals surface area contributed by atoms with E-state index in [9.17, 15) is 14.7 Å². The van der Waals surface area contributed by atoms with Crippen LogP contribution in [0, 0.1) is 0 Å². The lowest BCUT2D eigenvalue weighted by Crippen LogP contribution is -2.62. The summed E-state index contributed by atoms with van der Waals surface area (Å²) < 4.78 is 1.99. The first-order valence-corrected chi connectivity index (χ1v) is 6.88. The number of hydrogen-bond donors (Lipinski definition) is 1. The monoisotopic (exact) mass is 351 g/mol. The molecule has 19 heavy (non-hydrogen) atoms. The first kappa shape index (κ1) is 14.4. The van der Waals surface area contributed by atoms with Gasteiger partial charge in [-0.15, -0.1) is 11.6 Å². The van der Waals surface area contributed by atoms with E-state index in [2.05, 4.69) is 20.9 Å². The Hall–Kier alpha value is -0.990. The van der Waals surface area contributed by atoms with Crippen LogP contribution in [0.2, 0.25) is 0 Å². The lowest BCUT2D eigenvalue weighted by Gasteiger charge is -2.30. The van der Waals surface area contributed by atoms with Gasteiger partial charge < -0.3 is 5.11 Å². The Labute approximate surface area is 123 Å². The van der Waals surface area contributed by atoms with Crippen LogP contribution < -0.4 is 0 Å². The quantitative estimate of drug-likeness (QED) is 0.429. The van der Waals surface area contributed by atoms with Gasteiger partial charge in [-0.2, -0.15) is 0 Å². The number of rotatable bonds is 3. The molecular weight excluding hydrogens is 339 g/mol. The minimum Gasteiger partial charge on any atom is -0.388 e. The maximum absolute atomic E-state index is 12.2. The molecule has 2 aliphatic rings. The van der Waals surface area contributed by atoms with E-state index in [1.54, 1.807) is 11.6 Å². The lowest BCUT2D eigenvalue weighted by atomic mass is 10.1. The van der Waals surface area contributed by atoms with Crippen molar-refractivity contribution in [3.05, 3.63) is 0 Å². The summed E-state index contributed by atoms with van der Waals surface area (Å²) in [5.74, 6) is 0.0253. The highest BCUT2D eigenvalue weighted by atomic mass is 79.9. The maximum Gasteiger partial charge on any atom is 0.364 e. The van der Waals surface area contributed by atoms with Gasteiger partial charge in [0.05, 0.1) is 21.8 Å². The van der Waals surface area contributed by atoms with Gasteiger partial charge in [-0.3, -0.25) is 14.6 Å². The number of urea groups is 1. The second kappa shape index (κ2) is 5.18. The molecule has 0 radical (unpaired) electrons. The zero-order valence-electron chi connectivity index (χ0n) is 10.4. The number of likely N-dealkylation sites (N-methyl/N-ethyl adjacent to an activating group) is 2. The van der Waals surface area contributed by atoms with Crippen LogP contribution >= 0.6 is 27.5 Å². The second-order valence-corrected chi connectivity index (χ2v) is 5.36. The van der Waals surface area contributed by atoms with Crippen molar-refractivity contribution >= 4 is 50.0 Å². The minimum atomic E-state index is -0.787. The molecule has 7 nitrogen and oxygen atoms in total. The summed E-state index contributed by atoms with van der Waals surface area (Å²) in [6.45, 7) is 0.156. The third-order valence-electron chi connectivity index (χ3n) is 3.07. The largest absolute Gasteiger partial charge is 0.388 e. The zero-order chi connectivity index (χ0) is 14.3. The fourth-order valence-electron chi connectivity index (χ4n) is 2.03. The van der Waals surface area contributed by atoms with Crippen LogP contribution in [0.25, 0.3) is 0 Å². The first-order chi connectivity index (χ1) is 8.88. The van der Waals surface area contributed by atoms with Crippen molar-refractivity contribution in [2.75, 3.05) is 26.5 Å². The highest BCUT2D eigenvalue weighted by Gasteiger charge is 2.52. The highest BCUT2D eigenvalue weighted by Crippen LogP contribution is 2.20. The first-order valence-electron chi connectivity index (χ1n) is 5.55. The van der Waals surface area contributed by atoms with Crippen LogP contribution in [0.5, 0.6) is 0 Å². The number of aliphatic hydroxyl groups excluding tert-OH is 1. The smallest absolute Gasteiger partial charge is 0.364 e. The molecule has 9 heteroatoms. The third-order valence-corrected chi connectivity index (χ3v) is 4.06. The number of imide groups is 1. The normalized spacial score (nSPS) is 24.9. The molecule has 0 aromatic rings. The van der Waals surface area contributed by atoms with Crippen molar-refractivity contribution in [2.24, 2.45) is 4.99 Å². The summed E-state index contributed by atoms with van der Waals surface area (Å²) in [6, 6.07) is -1.14. The standard InChI is InChI=1S/C10H13BrClN4O3/c1-14-7-6(8(18)15(2)10(14)19)16(9(11)13-7)4-5(17)3-12/h5-6,17H,3-4H2,1-2H3/q+1. The predicted molar refractivity (Wildman–Crippen MR) is 72.9 cm³/mol. The van der Waals surface area contributed by atoms with Gasteiger partial charge in [0.25, 0.3) is 17.8 Å². The third kappa shape index (κ3) is 2.28. The van der Waals surface area contributed by atoms with Crippen molar-refractivity contribution in [3.8, 4) is 0 Å². The number of fused-ring (bicyclic) bond motifs is 1. The predicted octanol–water partition coefficient (Wildman–Crippen LogP) is -0.346. The molecule has 2 heterocycles. The molecule has 0 spiro atoms. The number of β-amino-alcohol motifs (C(OH)–C–C–N with tert-alkyl or cyclic N) is 1. The summed E-state index contributed by atoms with van der Waals surface area (Å²) in [5.41, 5.74) is 0. The molecule has 2 atom stereocenters. The van der Waals surface area contributed by atoms with Gasteiger partial charge >= 0.3 is 10.8 Å². The maximum atomic E-state index is 12.2. The number of alkyl halides is 1. The molecule has 0 aromatic heterocycles. The van der Waals surface area contributed by atoms with Gasteiger partial charge in [0.15, 0.2) is 0 Å². The van der Waals surface area contributed by atoms with Crippen LogP contribution in [-0.4, -0.2) is 80.7 Å². The summed E-state index contributed by atoms with van der Waals surface area (Å²) in [5, 5.41) is 9.63. The van der Waals surface area contributed by atoms with Crippen LogP contribution in [0.3, 0.4) is 0 Å². The Morgan fingerprint density at radius 3 is 2.68 bits per heavy atom. The summed E-state index contributed by atoms with van der Waals surface area (Å²) in [6.07, 6.45) is -0.787. The molecule has 1 saturated heterocycles. The van der Waals surface area contributed by atoms with Crippen LogP contribution in [0.1, 0.15) is 0 Å². The second-order valence-electron chi connectivity index (χ2n) is 4.34. The van der Waals surface area contributed by atoms with Crippen molar-refractivity contribution < 1.29 is 19.3 Å². The van der Waals surface area contributed by atoms with Gasteiger partial charge in [0.1, 0.15) is 12.6 Å². The summed E-state index contributed by atoms with van der Waals surface area (Å²) in [4.78, 5) is 30.5. The van der Waals surface area contributed by atoms with Crippen LogP contribution in [0.15, 0.2) is 4.99 Å². The zero-order valence-corrected chi connectivity index (χ0v) is 12.7. The number of halogens is 2. The van der Waals surface area contributed by atoms with Crippen molar-refractivity contribution in [1.29, 1.82) is 0 Å². The fraction of sp³-hybridized carbons (Fsp3) is 0.600. The molecule has 0 saturated carbocycles. The molecule has 2 aliphatic heterocycles. The average molecular weight is 353 g/mol. The van der Waals surface area contributed by atoms with Gasteiger partial charge in [-0.05, 0) is 4.99 Å². The van der Waals surface area contributed by atoms with Crippen molar-refractivity contribution in [2.45, 2.75) is 12.1 Å². The molecule has 104 valence electrons. The molecule has 2 unspecified atom stereocenters. The minimum absolute atomic E-state index is 0.0532. The van der Waals surface area contributed by atoms with E-state index in [4.69, 9.17) is 11.6 Å². The number of aliphatic imine (C=N–C) groups is 1. The molecule has 3 amide bonds. The number of carbonyl (C=O) groups is 2. The Morgan fingerprint density at radius 1 is 1.47 bits per heavy atom. The SMILES string of the molecule is CN1C(=O)C2C(=NC(Br)=[N+]2CC(O)CCl)N(C)C1=O. The number of carbonyl (C=O) groups excluding carboxylic acids is 2. The van der Waals surface area contributed by atoms with Crippen molar-refractivity contribution in [3.63, 3.8) is 0 Å². The number of aliphatic hydroxyl groups is 1. The summed E-state index contributed by atoms with van der Waals surface area (Å²) in [7, 11) is 2.97. The highest BCUT2D eigenvalue weighted by molar-refractivity contribution is 9.18. The number of amidine groups is 2. The van der Waals surface area contributed by atoms with Crippen molar-refractivity contribution in [1.82, 2.24) is 9.80 Å². The molecular formula is C10H13BrClN4O3+. The molecule has 0 bridgehead atoms. The van der Waals surface area contributed by atoms with Crippen LogP contribution in [0.4, 0.5) is 4.79 Å². The van der Waals surface area contributed by atoms with E-state index in [-0.39, 0.29) is 18.3 Å². The van der Waals surface area contributed by atoms with Gasteiger partial charge in [-0.1, -0.05) is 0 Å². The van der Waals surface area contributed by atoms with Gasteiger partial charge in [-0.25, -0.2) is 9.37 Å². The Morgan fingerprint density at radius 2 is 2.11 bits per heavy atom. The van der Waals surface area contributed by atoms with E-state index in [0.717, 1.165) is 4.90 Å². The number of nitrogens with zero attached hydrogens (tertiary/aromatic N) is 4. The average Bonchev–Trinajstić information content (AvgIpc) is 2.71. The summed E-state index contributed by atoms with van der Waals surface area (Å²) >= 11 is 8.81. The fourth-order valence-corrected chi connectivity index (χ4v) is 2.65.